The first-order valence-corrected chi connectivity index (χ1v) is 7.96. The Hall–Kier alpha value is -3.06. The summed E-state index contributed by atoms with van der Waals surface area (Å²) in [4.78, 5) is 33.0. The number of rotatable bonds is 2. The number of thiophene rings is 1. The largest absolute Gasteiger partial charge is 0.478 e. The molecule has 0 saturated carbocycles. The molecule has 0 bridgehead atoms. The monoisotopic (exact) mass is 337 g/mol. The maximum absolute atomic E-state index is 12.8. The average Bonchev–Trinajstić information content (AvgIpc) is 2.95. The predicted molar refractivity (Wildman–Crippen MR) is 92.2 cm³/mol. The molecule has 118 valence electrons. The number of carboxylic acids is 1. The molecule has 0 saturated heterocycles. The first-order chi connectivity index (χ1) is 11.5. The van der Waals surface area contributed by atoms with Gasteiger partial charge in [0.15, 0.2) is 0 Å². The summed E-state index contributed by atoms with van der Waals surface area (Å²) in [6, 6.07) is 9.08. The molecular weight excluding hydrogens is 326 g/mol. The summed E-state index contributed by atoms with van der Waals surface area (Å²) in [5.74, 6) is -1.06. The molecule has 6 nitrogen and oxygen atoms in total. The third kappa shape index (κ3) is 2.17. The number of hydrogen-bond acceptors (Lipinski definition) is 5. The zero-order chi connectivity index (χ0) is 16.8. The van der Waals surface area contributed by atoms with E-state index in [0.29, 0.717) is 20.4 Å². The molecule has 4 aromatic rings. The summed E-state index contributed by atoms with van der Waals surface area (Å²) < 4.78 is 1.94. The van der Waals surface area contributed by atoms with E-state index < -0.39 is 5.97 Å². The van der Waals surface area contributed by atoms with Gasteiger partial charge in [-0.3, -0.25) is 9.36 Å². The molecule has 24 heavy (non-hydrogen) atoms. The lowest BCUT2D eigenvalue weighted by Gasteiger charge is -2.05. The van der Waals surface area contributed by atoms with Crippen molar-refractivity contribution in [3.8, 4) is 5.69 Å². The highest BCUT2D eigenvalue weighted by Crippen LogP contribution is 2.29. The minimum atomic E-state index is -1.06. The van der Waals surface area contributed by atoms with Crippen LogP contribution in [0.3, 0.4) is 0 Å². The standard InChI is InChI=1S/C17H11N3O3S/c1-9-2-4-11(5-3-9)20-8-19-13-12-6-10(17(22)23)7-18-15(12)24-14(13)16(20)21/h2-8H,1H3,(H,22,23). The number of fused-ring (bicyclic) bond motifs is 3. The molecule has 0 aliphatic carbocycles. The topological polar surface area (TPSA) is 85.1 Å². The van der Waals surface area contributed by atoms with Crippen LogP contribution in [0.4, 0.5) is 0 Å². The van der Waals surface area contributed by atoms with Gasteiger partial charge in [0.2, 0.25) is 0 Å². The summed E-state index contributed by atoms with van der Waals surface area (Å²) in [5.41, 5.74) is 2.21. The van der Waals surface area contributed by atoms with Gasteiger partial charge < -0.3 is 5.11 Å². The number of aryl methyl sites for hydroxylation is 1. The number of carbonyl (C=O) groups is 1. The van der Waals surface area contributed by atoms with Crippen LogP contribution >= 0.6 is 11.3 Å². The molecule has 0 fully saturated rings. The van der Waals surface area contributed by atoms with Crippen molar-refractivity contribution in [2.45, 2.75) is 6.92 Å². The molecule has 0 radical (unpaired) electrons. The van der Waals surface area contributed by atoms with Crippen LogP contribution in [0.2, 0.25) is 0 Å². The minimum Gasteiger partial charge on any atom is -0.478 e. The van der Waals surface area contributed by atoms with Crippen LogP contribution < -0.4 is 5.56 Å². The molecule has 3 heterocycles. The van der Waals surface area contributed by atoms with Crippen molar-refractivity contribution in [1.29, 1.82) is 0 Å². The molecule has 4 rings (SSSR count). The fraction of sp³-hybridized carbons (Fsp3) is 0.0588. The van der Waals surface area contributed by atoms with Gasteiger partial charge in [-0.1, -0.05) is 17.7 Å². The molecule has 0 atom stereocenters. The van der Waals surface area contributed by atoms with E-state index in [1.54, 1.807) is 0 Å². The van der Waals surface area contributed by atoms with E-state index in [-0.39, 0.29) is 11.1 Å². The van der Waals surface area contributed by atoms with E-state index >= 15 is 0 Å². The van der Waals surface area contributed by atoms with Crippen molar-refractivity contribution < 1.29 is 9.90 Å². The first-order valence-electron chi connectivity index (χ1n) is 7.15. The van der Waals surface area contributed by atoms with Gasteiger partial charge in [0.25, 0.3) is 5.56 Å². The van der Waals surface area contributed by atoms with Crippen LogP contribution in [0.25, 0.3) is 26.1 Å². The Bertz CT molecular complexity index is 1160. The van der Waals surface area contributed by atoms with E-state index in [2.05, 4.69) is 9.97 Å². The number of aromatic nitrogens is 3. The highest BCUT2D eigenvalue weighted by molar-refractivity contribution is 7.25. The number of hydrogen-bond donors (Lipinski definition) is 1. The van der Waals surface area contributed by atoms with Crippen molar-refractivity contribution in [2.75, 3.05) is 0 Å². The van der Waals surface area contributed by atoms with Crippen LogP contribution in [-0.4, -0.2) is 25.6 Å². The highest BCUT2D eigenvalue weighted by atomic mass is 32.1. The Morgan fingerprint density at radius 3 is 2.67 bits per heavy atom. The van der Waals surface area contributed by atoms with Crippen molar-refractivity contribution in [3.63, 3.8) is 0 Å². The van der Waals surface area contributed by atoms with E-state index in [1.807, 2.05) is 31.2 Å². The molecule has 0 aliphatic rings. The lowest BCUT2D eigenvalue weighted by atomic mass is 10.2. The molecule has 1 N–H and O–H groups in total. The fourth-order valence-electron chi connectivity index (χ4n) is 2.53. The molecule has 3 aromatic heterocycles. The second kappa shape index (κ2) is 5.24. The van der Waals surface area contributed by atoms with Crippen molar-refractivity contribution >= 4 is 37.7 Å². The molecule has 1 aromatic carbocycles. The fourth-order valence-corrected chi connectivity index (χ4v) is 3.54. The number of aromatic carboxylic acids is 1. The number of benzene rings is 1. The molecule has 0 aliphatic heterocycles. The van der Waals surface area contributed by atoms with Crippen molar-refractivity contribution in [3.05, 3.63) is 64.3 Å². The Balaban J connectivity index is 1.99. The van der Waals surface area contributed by atoms with Crippen molar-refractivity contribution in [2.24, 2.45) is 0 Å². The molecule has 0 unspecified atom stereocenters. The van der Waals surface area contributed by atoms with Crippen LogP contribution in [0.15, 0.2) is 47.7 Å². The Morgan fingerprint density at radius 1 is 1.21 bits per heavy atom. The first kappa shape index (κ1) is 14.5. The maximum Gasteiger partial charge on any atom is 0.337 e. The summed E-state index contributed by atoms with van der Waals surface area (Å²) in [7, 11) is 0. The van der Waals surface area contributed by atoms with E-state index in [0.717, 1.165) is 11.3 Å². The van der Waals surface area contributed by atoms with Gasteiger partial charge in [-0.2, -0.15) is 0 Å². The zero-order valence-corrected chi connectivity index (χ0v) is 13.4. The Morgan fingerprint density at radius 2 is 1.96 bits per heavy atom. The van der Waals surface area contributed by atoms with Crippen LogP contribution in [0.1, 0.15) is 15.9 Å². The summed E-state index contributed by atoms with van der Waals surface area (Å²) >= 11 is 1.22. The minimum absolute atomic E-state index is 0.0757. The van der Waals surface area contributed by atoms with E-state index in [9.17, 15) is 9.59 Å². The molecule has 0 amide bonds. The van der Waals surface area contributed by atoms with Gasteiger partial charge in [-0.25, -0.2) is 14.8 Å². The van der Waals surface area contributed by atoms with Gasteiger partial charge in [-0.05, 0) is 25.1 Å². The van der Waals surface area contributed by atoms with Crippen LogP contribution in [0.5, 0.6) is 0 Å². The van der Waals surface area contributed by atoms with Gasteiger partial charge >= 0.3 is 5.97 Å². The lowest BCUT2D eigenvalue weighted by molar-refractivity contribution is 0.0696. The SMILES string of the molecule is Cc1ccc(-n2cnc3c(sc4ncc(C(=O)O)cc43)c2=O)cc1. The highest BCUT2D eigenvalue weighted by Gasteiger charge is 2.15. The molecular formula is C17H11N3O3S. The smallest absolute Gasteiger partial charge is 0.337 e. The quantitative estimate of drug-likeness (QED) is 0.608. The lowest BCUT2D eigenvalue weighted by Crippen LogP contribution is -2.17. The third-order valence-electron chi connectivity index (χ3n) is 3.79. The van der Waals surface area contributed by atoms with Gasteiger partial charge in [0.05, 0.1) is 16.8 Å². The number of nitrogens with zero attached hydrogens (tertiary/aromatic N) is 3. The molecule has 7 heteroatoms. The second-order valence-corrected chi connectivity index (χ2v) is 6.42. The van der Waals surface area contributed by atoms with Crippen molar-refractivity contribution in [1.82, 2.24) is 14.5 Å². The zero-order valence-electron chi connectivity index (χ0n) is 12.6. The van der Waals surface area contributed by atoms with Crippen LogP contribution in [0, 0.1) is 6.92 Å². The second-order valence-electron chi connectivity index (χ2n) is 5.42. The Kier molecular flexibility index (Phi) is 3.17. The van der Waals surface area contributed by atoms with Gasteiger partial charge in [-0.15, -0.1) is 11.3 Å². The Labute approximate surface area is 139 Å². The number of carboxylic acid groups (broad SMARTS) is 1. The average molecular weight is 337 g/mol. The van der Waals surface area contributed by atoms with Gasteiger partial charge in [0.1, 0.15) is 15.9 Å². The van der Waals surface area contributed by atoms with E-state index in [4.69, 9.17) is 5.11 Å². The van der Waals surface area contributed by atoms with E-state index in [1.165, 1.54) is 34.5 Å². The summed E-state index contributed by atoms with van der Waals surface area (Å²) in [6.07, 6.45) is 2.76. The summed E-state index contributed by atoms with van der Waals surface area (Å²) in [5, 5.41) is 9.69. The third-order valence-corrected chi connectivity index (χ3v) is 4.89. The summed E-state index contributed by atoms with van der Waals surface area (Å²) in [6.45, 7) is 1.98. The maximum atomic E-state index is 12.8. The van der Waals surface area contributed by atoms with Gasteiger partial charge in [0, 0.05) is 11.6 Å². The van der Waals surface area contributed by atoms with Crippen LogP contribution in [-0.2, 0) is 0 Å². The molecule has 0 spiro atoms. The number of pyridine rings is 1. The predicted octanol–water partition coefficient (Wildman–Crippen LogP) is 3.00. The normalized spacial score (nSPS) is 11.2.